The largest absolute Gasteiger partial charge is 0.497 e. The summed E-state index contributed by atoms with van der Waals surface area (Å²) in [6.45, 7) is 6.67. The molecule has 10 heteroatoms. The monoisotopic (exact) mass is 444 g/mol. The minimum atomic E-state index is -0.101. The van der Waals surface area contributed by atoms with Crippen LogP contribution in [0.3, 0.4) is 0 Å². The van der Waals surface area contributed by atoms with E-state index in [0.717, 1.165) is 45.5 Å². The zero-order valence-corrected chi connectivity index (χ0v) is 19.0. The van der Waals surface area contributed by atoms with Gasteiger partial charge in [0.2, 0.25) is 5.91 Å². The number of methoxy groups -OCH3 is 1. The van der Waals surface area contributed by atoms with E-state index in [9.17, 15) is 4.79 Å². The predicted octanol–water partition coefficient (Wildman–Crippen LogP) is 3.74. The lowest BCUT2D eigenvalue weighted by atomic mass is 10.3. The lowest BCUT2D eigenvalue weighted by Gasteiger charge is -2.08. The number of anilines is 1. The van der Waals surface area contributed by atoms with Gasteiger partial charge in [-0.3, -0.25) is 4.79 Å². The van der Waals surface area contributed by atoms with Gasteiger partial charge in [0.15, 0.2) is 10.3 Å². The Bertz CT molecular complexity index is 987. The van der Waals surface area contributed by atoms with Crippen LogP contribution in [0.2, 0.25) is 0 Å². The summed E-state index contributed by atoms with van der Waals surface area (Å²) < 4.78 is 7.14. The van der Waals surface area contributed by atoms with Crippen molar-refractivity contribution >= 4 is 35.1 Å². The molecule has 30 heavy (non-hydrogen) atoms. The highest BCUT2D eigenvalue weighted by atomic mass is 32.2. The SMILES string of the molecule is CCn1c(CSc2nc(C)cc(C)n2)nnc1SCC(=O)Nc1ccc(OC)cc1. The molecule has 1 N–H and O–H groups in total. The molecule has 0 bridgehead atoms. The summed E-state index contributed by atoms with van der Waals surface area (Å²) in [4.78, 5) is 21.2. The fraction of sp³-hybridized carbons (Fsp3) is 0.350. The first-order valence-electron chi connectivity index (χ1n) is 9.42. The summed E-state index contributed by atoms with van der Waals surface area (Å²) in [6, 6.07) is 9.17. The number of aromatic nitrogens is 5. The molecule has 3 rings (SSSR count). The Morgan fingerprint density at radius 3 is 2.43 bits per heavy atom. The molecule has 158 valence electrons. The lowest BCUT2D eigenvalue weighted by molar-refractivity contribution is -0.113. The number of ether oxygens (including phenoxy) is 1. The van der Waals surface area contributed by atoms with Crippen LogP contribution in [0.5, 0.6) is 5.75 Å². The number of carbonyl (C=O) groups excluding carboxylic acids is 1. The molecule has 1 aromatic carbocycles. The van der Waals surface area contributed by atoms with E-state index in [1.54, 1.807) is 31.4 Å². The summed E-state index contributed by atoms with van der Waals surface area (Å²) >= 11 is 2.90. The van der Waals surface area contributed by atoms with Crippen molar-refractivity contribution in [3.8, 4) is 5.75 Å². The van der Waals surface area contributed by atoms with Crippen molar-refractivity contribution in [3.63, 3.8) is 0 Å². The molecule has 0 aliphatic carbocycles. The number of hydrogen-bond acceptors (Lipinski definition) is 8. The third-order valence-electron chi connectivity index (χ3n) is 4.11. The van der Waals surface area contributed by atoms with Gasteiger partial charge in [0.1, 0.15) is 11.6 Å². The van der Waals surface area contributed by atoms with Gasteiger partial charge in [0, 0.05) is 23.6 Å². The number of rotatable bonds is 9. The molecule has 3 aromatic rings. The van der Waals surface area contributed by atoms with Crippen LogP contribution in [0.1, 0.15) is 24.1 Å². The van der Waals surface area contributed by atoms with Crippen LogP contribution in [-0.2, 0) is 17.1 Å². The molecule has 1 amide bonds. The molecular weight excluding hydrogens is 420 g/mol. The van der Waals surface area contributed by atoms with Crippen molar-refractivity contribution in [3.05, 3.63) is 47.5 Å². The number of benzene rings is 1. The van der Waals surface area contributed by atoms with Gasteiger partial charge in [-0.25, -0.2) is 9.97 Å². The molecule has 0 saturated carbocycles. The number of carbonyl (C=O) groups is 1. The maximum absolute atomic E-state index is 12.3. The lowest BCUT2D eigenvalue weighted by Crippen LogP contribution is -2.14. The van der Waals surface area contributed by atoms with E-state index in [1.165, 1.54) is 23.5 Å². The van der Waals surface area contributed by atoms with E-state index in [2.05, 4.69) is 25.5 Å². The van der Waals surface area contributed by atoms with Crippen LogP contribution in [0.15, 0.2) is 40.6 Å². The number of aryl methyl sites for hydroxylation is 2. The smallest absolute Gasteiger partial charge is 0.234 e. The number of amides is 1. The van der Waals surface area contributed by atoms with Crippen LogP contribution in [-0.4, -0.2) is 43.5 Å². The predicted molar refractivity (Wildman–Crippen MR) is 119 cm³/mol. The highest BCUT2D eigenvalue weighted by Crippen LogP contribution is 2.23. The first-order chi connectivity index (χ1) is 14.5. The van der Waals surface area contributed by atoms with Crippen molar-refractivity contribution in [1.82, 2.24) is 24.7 Å². The average Bonchev–Trinajstić information content (AvgIpc) is 3.12. The quantitative estimate of drug-likeness (QED) is 0.394. The third kappa shape index (κ3) is 5.96. The van der Waals surface area contributed by atoms with Crippen LogP contribution < -0.4 is 10.1 Å². The summed E-state index contributed by atoms with van der Waals surface area (Å²) in [5, 5.41) is 12.9. The minimum absolute atomic E-state index is 0.101. The Morgan fingerprint density at radius 1 is 1.10 bits per heavy atom. The fourth-order valence-corrected chi connectivity index (χ4v) is 4.45. The van der Waals surface area contributed by atoms with Gasteiger partial charge in [0.25, 0.3) is 0 Å². The molecule has 0 saturated heterocycles. The van der Waals surface area contributed by atoms with Gasteiger partial charge in [-0.2, -0.15) is 0 Å². The van der Waals surface area contributed by atoms with Crippen molar-refractivity contribution in [1.29, 1.82) is 0 Å². The van der Waals surface area contributed by atoms with E-state index in [-0.39, 0.29) is 11.7 Å². The second-order valence-electron chi connectivity index (χ2n) is 6.43. The molecule has 0 unspecified atom stereocenters. The van der Waals surface area contributed by atoms with E-state index >= 15 is 0 Å². The maximum atomic E-state index is 12.3. The van der Waals surface area contributed by atoms with Crippen LogP contribution in [0, 0.1) is 13.8 Å². The van der Waals surface area contributed by atoms with Crippen molar-refractivity contribution in [2.45, 2.75) is 43.4 Å². The molecule has 0 spiro atoms. The normalized spacial score (nSPS) is 10.8. The number of nitrogens with one attached hydrogen (secondary N) is 1. The summed E-state index contributed by atoms with van der Waals surface area (Å²) in [5.41, 5.74) is 2.62. The highest BCUT2D eigenvalue weighted by molar-refractivity contribution is 7.99. The molecule has 0 aliphatic heterocycles. The molecule has 8 nitrogen and oxygen atoms in total. The zero-order valence-electron chi connectivity index (χ0n) is 17.4. The molecule has 2 aromatic heterocycles. The van der Waals surface area contributed by atoms with Crippen LogP contribution in [0.25, 0.3) is 0 Å². The van der Waals surface area contributed by atoms with E-state index in [4.69, 9.17) is 4.74 Å². The summed E-state index contributed by atoms with van der Waals surface area (Å²) in [5.74, 6) is 2.34. The van der Waals surface area contributed by atoms with Gasteiger partial charge in [-0.1, -0.05) is 23.5 Å². The second-order valence-corrected chi connectivity index (χ2v) is 8.32. The maximum Gasteiger partial charge on any atom is 0.234 e. The minimum Gasteiger partial charge on any atom is -0.497 e. The number of hydrogen-bond donors (Lipinski definition) is 1. The van der Waals surface area contributed by atoms with Gasteiger partial charge < -0.3 is 14.6 Å². The molecular formula is C20H24N6O2S2. The molecule has 0 radical (unpaired) electrons. The van der Waals surface area contributed by atoms with Crippen molar-refractivity contribution in [2.24, 2.45) is 0 Å². The van der Waals surface area contributed by atoms with E-state index in [1.807, 2.05) is 31.4 Å². The van der Waals surface area contributed by atoms with Gasteiger partial charge in [-0.15, -0.1) is 10.2 Å². The van der Waals surface area contributed by atoms with Gasteiger partial charge >= 0.3 is 0 Å². The summed E-state index contributed by atoms with van der Waals surface area (Å²) in [6.07, 6.45) is 0. The number of nitrogens with zero attached hydrogens (tertiary/aromatic N) is 5. The molecule has 0 aliphatic rings. The van der Waals surface area contributed by atoms with Crippen LogP contribution in [0.4, 0.5) is 5.69 Å². The zero-order chi connectivity index (χ0) is 21.5. The second kappa shape index (κ2) is 10.4. The first-order valence-corrected chi connectivity index (χ1v) is 11.4. The molecule has 0 atom stereocenters. The Kier molecular flexibility index (Phi) is 7.69. The molecule has 0 fully saturated rings. The van der Waals surface area contributed by atoms with E-state index < -0.39 is 0 Å². The highest BCUT2D eigenvalue weighted by Gasteiger charge is 2.14. The Labute approximate surface area is 184 Å². The fourth-order valence-electron chi connectivity index (χ4n) is 2.74. The summed E-state index contributed by atoms with van der Waals surface area (Å²) in [7, 11) is 1.61. The average molecular weight is 445 g/mol. The van der Waals surface area contributed by atoms with Crippen molar-refractivity contribution < 1.29 is 9.53 Å². The van der Waals surface area contributed by atoms with E-state index in [0.29, 0.717) is 5.75 Å². The van der Waals surface area contributed by atoms with Gasteiger partial charge in [0.05, 0.1) is 18.6 Å². The Balaban J connectivity index is 1.57. The third-order valence-corrected chi connectivity index (χ3v) is 5.92. The number of thioether (sulfide) groups is 2. The first kappa shape index (κ1) is 22.1. The molecule has 2 heterocycles. The topological polar surface area (TPSA) is 94.8 Å². The van der Waals surface area contributed by atoms with Crippen molar-refractivity contribution in [2.75, 3.05) is 18.2 Å². The Hall–Kier alpha value is -2.59. The Morgan fingerprint density at radius 2 is 1.80 bits per heavy atom. The standard InChI is InChI=1S/C20H24N6O2S2/c1-5-26-17(11-29-19-21-13(2)10-14(3)22-19)24-25-20(26)30-12-18(27)23-15-6-8-16(28-4)9-7-15/h6-10H,5,11-12H2,1-4H3,(H,23,27). The van der Waals surface area contributed by atoms with Crippen LogP contribution >= 0.6 is 23.5 Å². The van der Waals surface area contributed by atoms with Gasteiger partial charge in [-0.05, 0) is 51.1 Å².